The van der Waals surface area contributed by atoms with Gasteiger partial charge in [0, 0.05) is 5.56 Å². The molecule has 122 valence electrons. The lowest BCUT2D eigenvalue weighted by atomic mass is 9.97. The number of hydrazone groups is 1. The number of hydrogen-bond donors (Lipinski definition) is 1. The van der Waals surface area contributed by atoms with Gasteiger partial charge in [-0.2, -0.15) is 5.10 Å². The maximum absolute atomic E-state index is 12.1. The van der Waals surface area contributed by atoms with Crippen molar-refractivity contribution in [1.29, 1.82) is 0 Å². The molecule has 0 aliphatic carbocycles. The van der Waals surface area contributed by atoms with Gasteiger partial charge in [-0.05, 0) is 46.7 Å². The van der Waals surface area contributed by atoms with Gasteiger partial charge in [-0.3, -0.25) is 4.79 Å². The molecule has 0 spiro atoms. The van der Waals surface area contributed by atoms with Crippen LogP contribution in [0.2, 0.25) is 0 Å². The zero-order valence-corrected chi connectivity index (χ0v) is 13.7. The smallest absolute Gasteiger partial charge is 0.307 e. The van der Waals surface area contributed by atoms with Crippen molar-refractivity contribution in [2.24, 2.45) is 5.10 Å². The first-order valence-corrected chi connectivity index (χ1v) is 8.03. The molecule has 0 radical (unpaired) electrons. The van der Waals surface area contributed by atoms with Crippen LogP contribution in [0.3, 0.4) is 0 Å². The van der Waals surface area contributed by atoms with Crippen LogP contribution < -0.4 is 5.43 Å². The second kappa shape index (κ2) is 6.24. The molecule has 1 heterocycles. The molecule has 0 bridgehead atoms. The summed E-state index contributed by atoms with van der Waals surface area (Å²) in [7, 11) is 0. The van der Waals surface area contributed by atoms with E-state index in [1.807, 2.05) is 24.3 Å². The van der Waals surface area contributed by atoms with Gasteiger partial charge in [0.25, 0.3) is 0 Å². The molecule has 4 rings (SSSR count). The predicted octanol–water partition coefficient (Wildman–Crippen LogP) is 4.66. The van der Waals surface area contributed by atoms with E-state index in [0.717, 1.165) is 27.1 Å². The first-order chi connectivity index (χ1) is 12.2. The van der Waals surface area contributed by atoms with Crippen molar-refractivity contribution in [3.05, 3.63) is 83.8 Å². The normalized spacial score (nSPS) is 11.4. The summed E-state index contributed by atoms with van der Waals surface area (Å²) in [4.78, 5) is 12.1. The number of amides is 1. The van der Waals surface area contributed by atoms with E-state index in [1.165, 1.54) is 0 Å². The lowest BCUT2D eigenvalue weighted by molar-refractivity contribution is 0.0926. The maximum atomic E-state index is 12.1. The molecule has 3 aromatic carbocycles. The van der Waals surface area contributed by atoms with Gasteiger partial charge in [0.15, 0.2) is 5.76 Å². The third kappa shape index (κ3) is 2.90. The number of nitrogens with zero attached hydrogens (tertiary/aromatic N) is 1. The van der Waals surface area contributed by atoms with E-state index >= 15 is 0 Å². The minimum absolute atomic E-state index is 0.248. The summed E-state index contributed by atoms with van der Waals surface area (Å²) in [6, 6.07) is 21.8. The van der Waals surface area contributed by atoms with Crippen LogP contribution in [0.15, 0.2) is 76.2 Å². The molecule has 0 saturated heterocycles. The Balaban J connectivity index is 1.73. The number of hydrogen-bond acceptors (Lipinski definition) is 3. The average molecular weight is 328 g/mol. The molecule has 0 fully saturated rings. The predicted molar refractivity (Wildman–Crippen MR) is 100.0 cm³/mol. The first kappa shape index (κ1) is 15.1. The Kier molecular flexibility index (Phi) is 3.78. The summed E-state index contributed by atoms with van der Waals surface area (Å²) in [5.41, 5.74) is 3.50. The number of benzene rings is 3. The van der Waals surface area contributed by atoms with E-state index in [0.29, 0.717) is 5.76 Å². The van der Waals surface area contributed by atoms with Crippen LogP contribution in [0, 0.1) is 6.92 Å². The van der Waals surface area contributed by atoms with Crippen LogP contribution >= 0.6 is 0 Å². The Morgan fingerprint density at radius 3 is 2.20 bits per heavy atom. The zero-order chi connectivity index (χ0) is 17.2. The van der Waals surface area contributed by atoms with Gasteiger partial charge in [0.2, 0.25) is 0 Å². The molecule has 0 unspecified atom stereocenters. The highest BCUT2D eigenvalue weighted by Crippen LogP contribution is 2.27. The van der Waals surface area contributed by atoms with Gasteiger partial charge in [0.1, 0.15) is 5.76 Å². The fourth-order valence-corrected chi connectivity index (χ4v) is 2.96. The van der Waals surface area contributed by atoms with Crippen molar-refractivity contribution < 1.29 is 9.21 Å². The summed E-state index contributed by atoms with van der Waals surface area (Å²) in [6.07, 6.45) is 1.69. The van der Waals surface area contributed by atoms with E-state index in [2.05, 4.69) is 40.9 Å². The molecule has 4 heteroatoms. The van der Waals surface area contributed by atoms with Crippen molar-refractivity contribution in [2.75, 3.05) is 0 Å². The minimum atomic E-state index is -0.367. The third-order valence-electron chi connectivity index (χ3n) is 4.14. The van der Waals surface area contributed by atoms with Crippen LogP contribution in [0.1, 0.15) is 21.9 Å². The zero-order valence-electron chi connectivity index (χ0n) is 13.7. The molecule has 25 heavy (non-hydrogen) atoms. The van der Waals surface area contributed by atoms with Crippen LogP contribution in [-0.4, -0.2) is 12.1 Å². The molecule has 1 N–H and O–H groups in total. The molecular formula is C21H16N2O2. The highest BCUT2D eigenvalue weighted by molar-refractivity contribution is 6.13. The molecule has 0 saturated carbocycles. The second-order valence-corrected chi connectivity index (χ2v) is 5.84. The Morgan fingerprint density at radius 2 is 1.60 bits per heavy atom. The van der Waals surface area contributed by atoms with Crippen molar-refractivity contribution in [3.8, 4) is 0 Å². The minimum Gasteiger partial charge on any atom is -0.456 e. The number of aryl methyl sites for hydroxylation is 1. The van der Waals surface area contributed by atoms with Gasteiger partial charge in [-0.25, -0.2) is 5.43 Å². The first-order valence-electron chi connectivity index (χ1n) is 8.03. The van der Waals surface area contributed by atoms with E-state index in [1.54, 1.807) is 25.3 Å². The fraction of sp³-hybridized carbons (Fsp3) is 0.0476. The Morgan fingerprint density at radius 1 is 0.960 bits per heavy atom. The number of carbonyl (C=O) groups excluding carboxylic acids is 1. The van der Waals surface area contributed by atoms with Gasteiger partial charge < -0.3 is 4.42 Å². The van der Waals surface area contributed by atoms with E-state index < -0.39 is 0 Å². The van der Waals surface area contributed by atoms with Crippen molar-refractivity contribution in [2.45, 2.75) is 6.92 Å². The standard InChI is InChI=1S/C21H16N2O2/c1-14-10-11-20(25-14)21(24)23-22-13-19-17-8-4-2-6-15(17)12-16-7-3-5-9-18(16)19/h2-13H,1H3,(H,23,24). The molecule has 4 nitrogen and oxygen atoms in total. The number of rotatable bonds is 3. The molecule has 0 aliphatic heterocycles. The van der Waals surface area contributed by atoms with Crippen molar-refractivity contribution >= 4 is 33.7 Å². The molecule has 0 atom stereocenters. The molecular weight excluding hydrogens is 312 g/mol. The highest BCUT2D eigenvalue weighted by Gasteiger charge is 2.09. The lowest BCUT2D eigenvalue weighted by Gasteiger charge is -2.07. The average Bonchev–Trinajstić information content (AvgIpc) is 3.07. The van der Waals surface area contributed by atoms with E-state index in [4.69, 9.17) is 4.42 Å². The summed E-state index contributed by atoms with van der Waals surface area (Å²) in [5.74, 6) is 0.570. The quantitative estimate of drug-likeness (QED) is 0.338. The maximum Gasteiger partial charge on any atom is 0.307 e. The Labute approximate surface area is 144 Å². The molecule has 1 aromatic heterocycles. The molecule has 4 aromatic rings. The number of carbonyl (C=O) groups is 1. The summed E-state index contributed by atoms with van der Waals surface area (Å²) in [5, 5.41) is 8.59. The van der Waals surface area contributed by atoms with Crippen molar-refractivity contribution in [3.63, 3.8) is 0 Å². The van der Waals surface area contributed by atoms with Crippen LogP contribution in [0.25, 0.3) is 21.5 Å². The van der Waals surface area contributed by atoms with Gasteiger partial charge in [-0.15, -0.1) is 0 Å². The second-order valence-electron chi connectivity index (χ2n) is 5.84. The monoisotopic (exact) mass is 328 g/mol. The van der Waals surface area contributed by atoms with E-state index in [9.17, 15) is 4.79 Å². The van der Waals surface area contributed by atoms with Gasteiger partial charge in [-0.1, -0.05) is 48.5 Å². The van der Waals surface area contributed by atoms with Crippen molar-refractivity contribution in [1.82, 2.24) is 5.43 Å². The van der Waals surface area contributed by atoms with E-state index in [-0.39, 0.29) is 11.7 Å². The van der Waals surface area contributed by atoms with Gasteiger partial charge in [0.05, 0.1) is 6.21 Å². The van der Waals surface area contributed by atoms with Crippen LogP contribution in [0.4, 0.5) is 0 Å². The third-order valence-corrected chi connectivity index (χ3v) is 4.14. The van der Waals surface area contributed by atoms with Crippen LogP contribution in [0.5, 0.6) is 0 Å². The van der Waals surface area contributed by atoms with Gasteiger partial charge >= 0.3 is 5.91 Å². The SMILES string of the molecule is Cc1ccc(C(=O)NN=Cc2c3ccccc3cc3ccccc23)o1. The molecule has 0 aliphatic rings. The summed E-state index contributed by atoms with van der Waals surface area (Å²) in [6.45, 7) is 1.79. The number of furan rings is 1. The largest absolute Gasteiger partial charge is 0.456 e. The highest BCUT2D eigenvalue weighted by atomic mass is 16.3. The Hall–Kier alpha value is -3.40. The van der Waals surface area contributed by atoms with Crippen LogP contribution in [-0.2, 0) is 0 Å². The lowest BCUT2D eigenvalue weighted by Crippen LogP contribution is -2.16. The summed E-state index contributed by atoms with van der Waals surface area (Å²) >= 11 is 0. The Bertz CT molecular complexity index is 1060. The molecule has 1 amide bonds. The summed E-state index contributed by atoms with van der Waals surface area (Å²) < 4.78 is 5.30. The number of fused-ring (bicyclic) bond motifs is 2. The number of nitrogens with one attached hydrogen (secondary N) is 1. The topological polar surface area (TPSA) is 54.6 Å². The fourth-order valence-electron chi connectivity index (χ4n) is 2.96.